The highest BCUT2D eigenvalue weighted by molar-refractivity contribution is 7.90. The summed E-state index contributed by atoms with van der Waals surface area (Å²) in [6, 6.07) is 10.6. The molecule has 0 saturated heterocycles. The number of fused-ring (bicyclic) bond motifs is 4. The van der Waals surface area contributed by atoms with Crippen LogP contribution in [0.3, 0.4) is 0 Å². The number of likely N-dealkylation sites (N-methyl/N-ethyl adjacent to an activating group) is 1. The summed E-state index contributed by atoms with van der Waals surface area (Å²) in [7, 11) is -0.517. The van der Waals surface area contributed by atoms with Crippen LogP contribution < -0.4 is 14.4 Å². The Morgan fingerprint density at radius 1 is 1.16 bits per heavy atom. The number of rotatable bonds is 2. The molecule has 0 aromatic heterocycles. The summed E-state index contributed by atoms with van der Waals surface area (Å²) in [5.74, 6) is 0.733. The molecule has 1 saturated carbocycles. The molecule has 1 spiro atoms. The lowest BCUT2D eigenvalue weighted by atomic mass is 9.68. The molecule has 44 heavy (non-hydrogen) atoms. The number of nitrogens with one attached hydrogen (secondary N) is 1. The summed E-state index contributed by atoms with van der Waals surface area (Å²) >= 11 is 6.41. The molecule has 2 aliphatic carbocycles. The Morgan fingerprint density at radius 3 is 2.70 bits per heavy atom. The predicted octanol–water partition coefficient (Wildman–Crippen LogP) is 5.19. The number of nitrogens with zero attached hydrogens (tertiary/aromatic N) is 2. The van der Waals surface area contributed by atoms with Gasteiger partial charge in [0.1, 0.15) is 5.75 Å². The van der Waals surface area contributed by atoms with Crippen molar-refractivity contribution in [2.24, 2.45) is 17.8 Å². The number of hydrogen-bond acceptors (Lipinski definition) is 7. The Morgan fingerprint density at radius 2 is 1.98 bits per heavy atom. The topological polar surface area (TPSA) is 88.2 Å². The van der Waals surface area contributed by atoms with E-state index in [0.717, 1.165) is 49.4 Å². The first-order chi connectivity index (χ1) is 21.0. The number of benzene rings is 2. The zero-order chi connectivity index (χ0) is 31.2. The molecule has 2 aliphatic heterocycles. The summed E-state index contributed by atoms with van der Waals surface area (Å²) in [4.78, 5) is 17.8. The molecule has 0 unspecified atom stereocenters. The van der Waals surface area contributed by atoms with Crippen LogP contribution in [0.4, 0.5) is 5.69 Å². The van der Waals surface area contributed by atoms with Crippen molar-refractivity contribution in [2.75, 3.05) is 45.3 Å². The van der Waals surface area contributed by atoms with Crippen molar-refractivity contribution >= 4 is 33.2 Å². The van der Waals surface area contributed by atoms with Gasteiger partial charge in [-0.2, -0.15) is 0 Å². The molecule has 1 amide bonds. The molecule has 1 N–H and O–H groups in total. The summed E-state index contributed by atoms with van der Waals surface area (Å²) < 4.78 is 42.4. The second kappa shape index (κ2) is 12.3. The lowest BCUT2D eigenvalue weighted by Crippen LogP contribution is -2.50. The third-order valence-corrected chi connectivity index (χ3v) is 11.9. The summed E-state index contributed by atoms with van der Waals surface area (Å²) in [5.41, 5.74) is 3.01. The van der Waals surface area contributed by atoms with Crippen LogP contribution in [0.2, 0.25) is 5.02 Å². The van der Waals surface area contributed by atoms with E-state index in [1.54, 1.807) is 25.3 Å². The SMILES string of the molecule is CO[C@@H]1/C=C\CN(C)[C@@H](C(C)C)C(=O)NS(=O)(=O)c2ccc3c(c2)N(C[C@@H]2CC[C@H]21)C[C@@]1(CCCc2cc(Cl)ccc21)CO3. The van der Waals surface area contributed by atoms with Crippen LogP contribution in [0.1, 0.15) is 50.7 Å². The summed E-state index contributed by atoms with van der Waals surface area (Å²) in [5, 5.41) is 0.738. The number of anilines is 1. The molecule has 0 radical (unpaired) electrons. The van der Waals surface area contributed by atoms with Crippen molar-refractivity contribution in [2.45, 2.75) is 68.4 Å². The molecule has 238 valence electrons. The van der Waals surface area contributed by atoms with Gasteiger partial charge in [0.05, 0.1) is 29.3 Å². The van der Waals surface area contributed by atoms with E-state index < -0.39 is 22.0 Å². The number of ether oxygens (including phenoxy) is 2. The molecule has 1 fully saturated rings. The van der Waals surface area contributed by atoms with Gasteiger partial charge in [-0.15, -0.1) is 0 Å². The second-order valence-corrected chi connectivity index (χ2v) is 15.6. The Bertz CT molecular complexity index is 1550. The predicted molar refractivity (Wildman–Crippen MR) is 173 cm³/mol. The minimum atomic E-state index is -4.13. The van der Waals surface area contributed by atoms with E-state index in [2.05, 4.69) is 27.8 Å². The Hall–Kier alpha value is -2.59. The zero-order valence-corrected chi connectivity index (χ0v) is 27.7. The van der Waals surface area contributed by atoms with Gasteiger partial charge in [0.15, 0.2) is 0 Å². The van der Waals surface area contributed by atoms with Gasteiger partial charge in [0.2, 0.25) is 0 Å². The highest BCUT2D eigenvalue weighted by Gasteiger charge is 2.44. The Balaban J connectivity index is 1.44. The van der Waals surface area contributed by atoms with E-state index in [0.29, 0.717) is 37.3 Å². The number of halogens is 1. The van der Waals surface area contributed by atoms with Gasteiger partial charge in [-0.05, 0) is 98.4 Å². The zero-order valence-electron chi connectivity index (χ0n) is 26.1. The van der Waals surface area contributed by atoms with E-state index >= 15 is 0 Å². The van der Waals surface area contributed by atoms with Gasteiger partial charge in [-0.1, -0.05) is 43.7 Å². The average molecular weight is 642 g/mol. The molecular weight excluding hydrogens is 598 g/mol. The van der Waals surface area contributed by atoms with Gasteiger partial charge in [0.25, 0.3) is 15.9 Å². The summed E-state index contributed by atoms with van der Waals surface area (Å²) in [6.45, 7) is 6.30. The third kappa shape index (κ3) is 5.88. The van der Waals surface area contributed by atoms with E-state index in [9.17, 15) is 13.2 Å². The van der Waals surface area contributed by atoms with Crippen molar-refractivity contribution < 1.29 is 22.7 Å². The van der Waals surface area contributed by atoms with E-state index in [-0.39, 0.29) is 22.3 Å². The highest BCUT2D eigenvalue weighted by Crippen LogP contribution is 2.47. The van der Waals surface area contributed by atoms with Crippen LogP contribution in [-0.4, -0.2) is 71.8 Å². The molecule has 2 heterocycles. The maximum absolute atomic E-state index is 13.7. The molecule has 4 aliphatic rings. The van der Waals surface area contributed by atoms with Crippen LogP contribution in [-0.2, 0) is 31.4 Å². The fraction of sp³-hybridized carbons (Fsp3) is 0.559. The van der Waals surface area contributed by atoms with Gasteiger partial charge in [-0.3, -0.25) is 9.69 Å². The first-order valence-corrected chi connectivity index (χ1v) is 17.6. The lowest BCUT2D eigenvalue weighted by molar-refractivity contribution is -0.125. The molecule has 8 nitrogen and oxygen atoms in total. The largest absolute Gasteiger partial charge is 0.490 e. The van der Waals surface area contributed by atoms with Gasteiger partial charge < -0.3 is 14.4 Å². The van der Waals surface area contributed by atoms with Crippen LogP contribution in [0.5, 0.6) is 5.75 Å². The van der Waals surface area contributed by atoms with Crippen molar-refractivity contribution in [3.8, 4) is 5.75 Å². The maximum Gasteiger partial charge on any atom is 0.264 e. The first kappa shape index (κ1) is 31.4. The number of amides is 1. The van der Waals surface area contributed by atoms with Crippen molar-refractivity contribution in [1.29, 1.82) is 0 Å². The third-order valence-electron chi connectivity index (χ3n) is 10.3. The number of methoxy groups -OCH3 is 1. The molecule has 5 atom stereocenters. The average Bonchev–Trinajstić information content (AvgIpc) is 3.10. The molecule has 10 heteroatoms. The van der Waals surface area contributed by atoms with Gasteiger partial charge in [0, 0.05) is 37.2 Å². The molecule has 6 rings (SSSR count). The van der Waals surface area contributed by atoms with Crippen LogP contribution in [0.15, 0.2) is 53.4 Å². The minimum absolute atomic E-state index is 0.0395. The van der Waals surface area contributed by atoms with E-state index in [1.165, 1.54) is 11.1 Å². The number of hydrogen-bond donors (Lipinski definition) is 1. The smallest absolute Gasteiger partial charge is 0.264 e. The Kier molecular flexibility index (Phi) is 8.78. The standard InChI is InChI=1S/C34H44ClN3O5S/c1-22(2)32-33(39)36-44(40,41)26-11-14-31-29(18-26)38(19-24-9-12-27(24)30(42-4)8-6-16-37(32)3)20-34(21-43-31)15-5-7-23-17-25(35)10-13-28(23)34/h6,8,10-11,13-14,17-18,22,24,27,30,32H,5,7,9,12,15-16,19-21H2,1-4H3,(H,36,39)/b8-6-/t24-,27+,30+,32-,34-/m0/s1. The van der Waals surface area contributed by atoms with E-state index in [1.807, 2.05) is 37.9 Å². The molecular formula is C34H44ClN3O5S. The van der Waals surface area contributed by atoms with Crippen LogP contribution >= 0.6 is 11.6 Å². The number of carbonyl (C=O) groups is 1. The van der Waals surface area contributed by atoms with Crippen molar-refractivity contribution in [3.63, 3.8) is 0 Å². The van der Waals surface area contributed by atoms with Crippen LogP contribution in [0, 0.1) is 17.8 Å². The van der Waals surface area contributed by atoms with Gasteiger partial charge in [-0.25, -0.2) is 13.1 Å². The van der Waals surface area contributed by atoms with Crippen LogP contribution in [0.25, 0.3) is 0 Å². The fourth-order valence-electron chi connectivity index (χ4n) is 7.93. The highest BCUT2D eigenvalue weighted by atomic mass is 35.5. The number of sulfonamides is 1. The number of aryl methyl sites for hydroxylation is 1. The Labute approximate surface area is 266 Å². The fourth-order valence-corrected chi connectivity index (χ4v) is 9.14. The van der Waals surface area contributed by atoms with Crippen molar-refractivity contribution in [1.82, 2.24) is 9.62 Å². The summed E-state index contributed by atoms with van der Waals surface area (Å²) in [6.07, 6.45) is 9.24. The monoisotopic (exact) mass is 641 g/mol. The molecule has 2 bridgehead atoms. The van der Waals surface area contributed by atoms with Crippen molar-refractivity contribution in [3.05, 3.63) is 64.7 Å². The number of carbonyl (C=O) groups excluding carboxylic acids is 1. The quantitative estimate of drug-likeness (QED) is 0.452. The lowest BCUT2D eigenvalue weighted by Gasteiger charge is -2.46. The minimum Gasteiger partial charge on any atom is -0.490 e. The molecule has 2 aromatic rings. The maximum atomic E-state index is 13.7. The van der Waals surface area contributed by atoms with E-state index in [4.69, 9.17) is 21.1 Å². The normalized spacial score (nSPS) is 31.2. The first-order valence-electron chi connectivity index (χ1n) is 15.8. The molecule has 2 aromatic carbocycles. The second-order valence-electron chi connectivity index (χ2n) is 13.5. The van der Waals surface area contributed by atoms with Gasteiger partial charge >= 0.3 is 0 Å².